The summed E-state index contributed by atoms with van der Waals surface area (Å²) < 4.78 is 0. The zero-order valence-corrected chi connectivity index (χ0v) is 27.7. The smallest absolute Gasteiger partial charge is 0.0692 e. The van der Waals surface area contributed by atoms with Crippen LogP contribution in [0.2, 0.25) is 0 Å². The van der Waals surface area contributed by atoms with Gasteiger partial charge in [-0.3, -0.25) is 4.90 Å². The molecule has 0 aromatic carbocycles. The van der Waals surface area contributed by atoms with Crippen LogP contribution in [0.15, 0.2) is 0 Å². The molecule has 0 amide bonds. The molecule has 5 heteroatoms. The van der Waals surface area contributed by atoms with Gasteiger partial charge in [0.25, 0.3) is 0 Å². The minimum Gasteiger partial charge on any atom is -0.392 e. The quantitative estimate of drug-likeness (QED) is 0.0599. The molecule has 0 fully saturated rings. The maximum Gasteiger partial charge on any atom is 0.0692 e. The van der Waals surface area contributed by atoms with E-state index in [-0.39, 0.29) is 12.2 Å². The highest BCUT2D eigenvalue weighted by Crippen LogP contribution is 2.18. The molecule has 5 N–H and O–H groups in total. The molecule has 0 aromatic heterocycles. The predicted octanol–water partition coefficient (Wildman–Crippen LogP) is 8.21. The molecule has 5 nitrogen and oxygen atoms in total. The van der Waals surface area contributed by atoms with Crippen LogP contribution in [0.25, 0.3) is 0 Å². The highest BCUT2D eigenvalue weighted by atomic mass is 16.3. The van der Waals surface area contributed by atoms with Crippen LogP contribution < -0.4 is 11.1 Å². The second-order valence-corrected chi connectivity index (χ2v) is 12.8. The van der Waals surface area contributed by atoms with Gasteiger partial charge in [0.15, 0.2) is 0 Å². The van der Waals surface area contributed by atoms with Crippen LogP contribution in [0.4, 0.5) is 0 Å². The van der Waals surface area contributed by atoms with Crippen molar-refractivity contribution in [3.63, 3.8) is 0 Å². The normalized spacial score (nSPS) is 14.2. The number of aliphatic hydroxyl groups excluding tert-OH is 2. The Kier molecular flexibility index (Phi) is 31.6. The fourth-order valence-corrected chi connectivity index (χ4v) is 5.74. The molecule has 0 aliphatic heterocycles. The van der Waals surface area contributed by atoms with E-state index >= 15 is 0 Å². The van der Waals surface area contributed by atoms with Crippen molar-refractivity contribution in [3.05, 3.63) is 0 Å². The molecule has 40 heavy (non-hydrogen) atoms. The van der Waals surface area contributed by atoms with Crippen molar-refractivity contribution in [1.82, 2.24) is 10.2 Å². The third-order valence-electron chi connectivity index (χ3n) is 8.62. The zero-order valence-electron chi connectivity index (χ0n) is 27.7. The van der Waals surface area contributed by atoms with E-state index in [9.17, 15) is 10.2 Å². The third kappa shape index (κ3) is 27.9. The summed E-state index contributed by atoms with van der Waals surface area (Å²) in [5.41, 5.74) is 5.56. The maximum atomic E-state index is 11.0. The number of rotatable bonds is 33. The molecule has 0 aliphatic rings. The summed E-state index contributed by atoms with van der Waals surface area (Å²) in [5, 5.41) is 25.2. The first kappa shape index (κ1) is 39.8. The Hall–Kier alpha value is -0.200. The molecule has 0 bridgehead atoms. The molecular formula is C35H75N3O2. The minimum absolute atomic E-state index is 0.282. The van der Waals surface area contributed by atoms with Gasteiger partial charge in [-0.05, 0) is 44.7 Å². The molecule has 242 valence electrons. The Morgan fingerprint density at radius 1 is 0.575 bits per heavy atom. The molecule has 0 rings (SSSR count). The van der Waals surface area contributed by atoms with Crippen LogP contribution >= 0.6 is 0 Å². The molecule has 3 unspecified atom stereocenters. The summed E-state index contributed by atoms with van der Waals surface area (Å²) >= 11 is 0. The van der Waals surface area contributed by atoms with Crippen molar-refractivity contribution in [2.75, 3.05) is 39.3 Å². The summed E-state index contributed by atoms with van der Waals surface area (Å²) in [6.45, 7) is 11.7. The van der Waals surface area contributed by atoms with Crippen LogP contribution in [0.1, 0.15) is 168 Å². The lowest BCUT2D eigenvalue weighted by molar-refractivity contribution is 0.0389. The molecular weight excluding hydrogens is 494 g/mol. The van der Waals surface area contributed by atoms with E-state index in [1.807, 2.05) is 0 Å². The van der Waals surface area contributed by atoms with Gasteiger partial charge in [-0.15, -0.1) is 0 Å². The fraction of sp³-hybridized carbons (Fsp3) is 1.00. The first-order valence-corrected chi connectivity index (χ1v) is 18.0. The minimum atomic E-state index is -0.305. The molecule has 0 heterocycles. The van der Waals surface area contributed by atoms with Gasteiger partial charge in [0, 0.05) is 26.2 Å². The number of nitrogens with two attached hydrogens (primary N) is 1. The lowest BCUT2D eigenvalue weighted by Gasteiger charge is -2.30. The Balaban J connectivity index is 4.29. The summed E-state index contributed by atoms with van der Waals surface area (Å²) in [5.74, 6) is 0.321. The fourth-order valence-electron chi connectivity index (χ4n) is 5.74. The van der Waals surface area contributed by atoms with Gasteiger partial charge < -0.3 is 21.3 Å². The van der Waals surface area contributed by atoms with Crippen LogP contribution in [-0.4, -0.2) is 66.6 Å². The molecule has 0 saturated carbocycles. The second-order valence-electron chi connectivity index (χ2n) is 12.8. The van der Waals surface area contributed by atoms with Gasteiger partial charge in [-0.2, -0.15) is 0 Å². The lowest BCUT2D eigenvalue weighted by Crippen LogP contribution is -2.40. The van der Waals surface area contributed by atoms with E-state index in [0.717, 1.165) is 51.7 Å². The van der Waals surface area contributed by atoms with Gasteiger partial charge in [0.05, 0.1) is 12.2 Å². The highest BCUT2D eigenvalue weighted by Gasteiger charge is 2.20. The van der Waals surface area contributed by atoms with Crippen molar-refractivity contribution in [3.8, 4) is 0 Å². The molecule has 0 aliphatic carbocycles. The van der Waals surface area contributed by atoms with Crippen molar-refractivity contribution in [1.29, 1.82) is 0 Å². The molecule has 0 saturated heterocycles. The van der Waals surface area contributed by atoms with Crippen molar-refractivity contribution in [2.24, 2.45) is 11.7 Å². The first-order valence-electron chi connectivity index (χ1n) is 18.0. The predicted molar refractivity (Wildman–Crippen MR) is 177 cm³/mol. The summed E-state index contributed by atoms with van der Waals surface area (Å²) in [6.07, 6.45) is 28.8. The monoisotopic (exact) mass is 570 g/mol. The number of unbranched alkanes of at least 4 members (excludes halogenated alkanes) is 18. The Labute approximate surface area is 251 Å². The van der Waals surface area contributed by atoms with E-state index in [2.05, 4.69) is 31.0 Å². The van der Waals surface area contributed by atoms with Gasteiger partial charge in [-0.1, -0.05) is 143 Å². The summed E-state index contributed by atoms with van der Waals surface area (Å²) in [6, 6.07) is 0. The number of hydrogen-bond donors (Lipinski definition) is 4. The zero-order chi connectivity index (χ0) is 29.5. The average molecular weight is 570 g/mol. The third-order valence-corrected chi connectivity index (χ3v) is 8.62. The Morgan fingerprint density at radius 2 is 1.05 bits per heavy atom. The molecule has 0 aromatic rings. The average Bonchev–Trinajstić information content (AvgIpc) is 2.94. The lowest BCUT2D eigenvalue weighted by atomic mass is 9.96. The van der Waals surface area contributed by atoms with Crippen LogP contribution in [0, 0.1) is 5.92 Å². The molecule has 0 spiro atoms. The molecule has 0 radical (unpaired) electrons. The standard InChI is InChI=1S/C35H75N3O2/c1-4-6-8-10-12-14-15-17-19-22-26-34(39)31-38(30-24-20-23-28-37-29-27-36)32-35(40)33(3)25-21-18-16-13-11-9-7-5-2/h33-35,37,39-40H,4-32,36H2,1-3H3. The topological polar surface area (TPSA) is 81.8 Å². The van der Waals surface area contributed by atoms with E-state index in [1.54, 1.807) is 0 Å². The summed E-state index contributed by atoms with van der Waals surface area (Å²) in [7, 11) is 0. The van der Waals surface area contributed by atoms with E-state index in [4.69, 9.17) is 5.73 Å². The second kappa shape index (κ2) is 31.7. The van der Waals surface area contributed by atoms with Gasteiger partial charge in [0.2, 0.25) is 0 Å². The van der Waals surface area contributed by atoms with Crippen LogP contribution in [0.5, 0.6) is 0 Å². The Bertz CT molecular complexity index is 480. The van der Waals surface area contributed by atoms with Gasteiger partial charge >= 0.3 is 0 Å². The number of hydrogen-bond acceptors (Lipinski definition) is 5. The number of aliphatic hydroxyl groups is 2. The van der Waals surface area contributed by atoms with Crippen LogP contribution in [0.3, 0.4) is 0 Å². The van der Waals surface area contributed by atoms with Gasteiger partial charge in [0.1, 0.15) is 0 Å². The van der Waals surface area contributed by atoms with Gasteiger partial charge in [-0.25, -0.2) is 0 Å². The SMILES string of the molecule is CCCCCCCCCCCCC(O)CN(CCCCCNCCN)CC(O)C(C)CCCCCCCCCC. The summed E-state index contributed by atoms with van der Waals surface area (Å²) in [4.78, 5) is 2.35. The number of nitrogens with one attached hydrogen (secondary N) is 1. The van der Waals surface area contributed by atoms with Crippen molar-refractivity contribution < 1.29 is 10.2 Å². The maximum absolute atomic E-state index is 11.0. The highest BCUT2D eigenvalue weighted by molar-refractivity contribution is 4.73. The van der Waals surface area contributed by atoms with E-state index < -0.39 is 0 Å². The number of nitrogens with zero attached hydrogens (tertiary/aromatic N) is 1. The van der Waals surface area contributed by atoms with E-state index in [1.165, 1.54) is 116 Å². The Morgan fingerprint density at radius 3 is 1.57 bits per heavy atom. The van der Waals surface area contributed by atoms with E-state index in [0.29, 0.717) is 25.6 Å². The van der Waals surface area contributed by atoms with Crippen LogP contribution in [-0.2, 0) is 0 Å². The largest absolute Gasteiger partial charge is 0.392 e. The van der Waals surface area contributed by atoms with Crippen molar-refractivity contribution >= 4 is 0 Å². The first-order chi connectivity index (χ1) is 19.5. The molecule has 3 atom stereocenters. The van der Waals surface area contributed by atoms with Crippen molar-refractivity contribution in [2.45, 2.75) is 181 Å².